The summed E-state index contributed by atoms with van der Waals surface area (Å²) in [6.07, 6.45) is 0.535. The predicted octanol–water partition coefficient (Wildman–Crippen LogP) is 1.86. The fourth-order valence-electron chi connectivity index (χ4n) is 2.55. The van der Waals surface area contributed by atoms with E-state index in [2.05, 4.69) is 5.32 Å². The average molecular weight is 386 g/mol. The van der Waals surface area contributed by atoms with Gasteiger partial charge in [-0.2, -0.15) is 0 Å². The zero-order chi connectivity index (χ0) is 20.4. The number of carbonyl (C=O) groups excluding carboxylic acids is 2. The number of carbonyl (C=O) groups is 2. The molecule has 7 heteroatoms. The van der Waals surface area contributed by atoms with E-state index in [4.69, 9.17) is 14.2 Å². The first kappa shape index (κ1) is 21.1. The normalized spacial score (nSPS) is 11.4. The van der Waals surface area contributed by atoms with Crippen molar-refractivity contribution < 1.29 is 28.9 Å². The maximum Gasteiger partial charge on any atom is 0.258 e. The second kappa shape index (κ2) is 10.8. The number of benzene rings is 2. The van der Waals surface area contributed by atoms with Crippen LogP contribution < -0.4 is 24.6 Å². The third kappa shape index (κ3) is 6.50. The van der Waals surface area contributed by atoms with Crippen LogP contribution in [0.15, 0.2) is 48.5 Å². The number of para-hydroxylation sites is 2. The quantitative estimate of drug-likeness (QED) is 0.633. The number of aliphatic carboxylic acids is 1. The van der Waals surface area contributed by atoms with E-state index in [9.17, 15) is 14.7 Å². The van der Waals surface area contributed by atoms with Gasteiger partial charge in [-0.25, -0.2) is 0 Å². The molecule has 0 heterocycles. The SMILES string of the molecule is CCCOc1ccc([C@@H](CC(=O)[O-])NC(=O)COc2ccccc2OC)cc1. The van der Waals surface area contributed by atoms with Gasteiger partial charge in [0.1, 0.15) is 5.75 Å². The molecule has 2 aromatic carbocycles. The highest BCUT2D eigenvalue weighted by molar-refractivity contribution is 5.79. The summed E-state index contributed by atoms with van der Waals surface area (Å²) in [5.74, 6) is -0.104. The van der Waals surface area contributed by atoms with Crippen molar-refractivity contribution in [2.24, 2.45) is 0 Å². The molecule has 1 amide bonds. The van der Waals surface area contributed by atoms with E-state index >= 15 is 0 Å². The topological polar surface area (TPSA) is 96.9 Å². The lowest BCUT2D eigenvalue weighted by molar-refractivity contribution is -0.306. The fourth-order valence-corrected chi connectivity index (χ4v) is 2.55. The lowest BCUT2D eigenvalue weighted by atomic mass is 10.0. The second-order valence-electron chi connectivity index (χ2n) is 6.05. The van der Waals surface area contributed by atoms with E-state index in [1.54, 1.807) is 48.5 Å². The van der Waals surface area contributed by atoms with E-state index in [0.29, 0.717) is 29.4 Å². The van der Waals surface area contributed by atoms with E-state index in [0.717, 1.165) is 6.42 Å². The first-order valence-electron chi connectivity index (χ1n) is 9.01. The van der Waals surface area contributed by atoms with E-state index < -0.39 is 17.9 Å². The number of hydrogen-bond donors (Lipinski definition) is 1. The van der Waals surface area contributed by atoms with Crippen molar-refractivity contribution in [3.05, 3.63) is 54.1 Å². The summed E-state index contributed by atoms with van der Waals surface area (Å²) in [4.78, 5) is 23.4. The van der Waals surface area contributed by atoms with Gasteiger partial charge in [0.05, 0.1) is 19.8 Å². The Morgan fingerprint density at radius 3 is 2.32 bits per heavy atom. The number of carboxylic acids is 1. The van der Waals surface area contributed by atoms with Crippen LogP contribution in [0.2, 0.25) is 0 Å². The van der Waals surface area contributed by atoms with Crippen molar-refractivity contribution >= 4 is 11.9 Å². The molecule has 0 radical (unpaired) electrons. The third-order valence-electron chi connectivity index (χ3n) is 3.89. The molecule has 0 bridgehead atoms. The Hall–Kier alpha value is -3.22. The molecule has 28 heavy (non-hydrogen) atoms. The van der Waals surface area contributed by atoms with Gasteiger partial charge in [0.15, 0.2) is 18.1 Å². The van der Waals surface area contributed by atoms with Crippen LogP contribution in [0, 0.1) is 0 Å². The van der Waals surface area contributed by atoms with Crippen LogP contribution >= 0.6 is 0 Å². The Morgan fingerprint density at radius 1 is 1.04 bits per heavy atom. The van der Waals surface area contributed by atoms with Crippen molar-refractivity contribution in [1.29, 1.82) is 0 Å². The first-order valence-corrected chi connectivity index (χ1v) is 9.01. The number of rotatable bonds is 11. The Morgan fingerprint density at radius 2 is 1.71 bits per heavy atom. The molecule has 1 N–H and O–H groups in total. The molecule has 0 aliphatic rings. The highest BCUT2D eigenvalue weighted by Crippen LogP contribution is 2.26. The van der Waals surface area contributed by atoms with Crippen molar-refractivity contribution in [2.45, 2.75) is 25.8 Å². The molecule has 1 atom stereocenters. The number of methoxy groups -OCH3 is 1. The van der Waals surface area contributed by atoms with Crippen LogP contribution in [-0.2, 0) is 9.59 Å². The summed E-state index contributed by atoms with van der Waals surface area (Å²) in [6.45, 7) is 2.33. The molecular formula is C21H24NO6-. The molecule has 2 aromatic rings. The van der Waals surface area contributed by atoms with Gasteiger partial charge in [0, 0.05) is 12.4 Å². The molecule has 0 aromatic heterocycles. The van der Waals surface area contributed by atoms with Gasteiger partial charge in [-0.15, -0.1) is 0 Å². The zero-order valence-electron chi connectivity index (χ0n) is 16.0. The predicted molar refractivity (Wildman–Crippen MR) is 101 cm³/mol. The second-order valence-corrected chi connectivity index (χ2v) is 6.05. The summed E-state index contributed by atoms with van der Waals surface area (Å²) < 4.78 is 16.2. The van der Waals surface area contributed by atoms with Gasteiger partial charge in [0.2, 0.25) is 0 Å². The van der Waals surface area contributed by atoms with Crippen LogP contribution in [-0.4, -0.2) is 32.2 Å². The smallest absolute Gasteiger partial charge is 0.258 e. The van der Waals surface area contributed by atoms with E-state index in [1.807, 2.05) is 6.92 Å². The number of nitrogens with one attached hydrogen (secondary N) is 1. The fraction of sp³-hybridized carbons (Fsp3) is 0.333. The van der Waals surface area contributed by atoms with Crippen molar-refractivity contribution in [1.82, 2.24) is 5.32 Å². The minimum atomic E-state index is -1.26. The van der Waals surface area contributed by atoms with Gasteiger partial charge in [-0.3, -0.25) is 4.79 Å². The van der Waals surface area contributed by atoms with Crippen LogP contribution in [0.5, 0.6) is 17.2 Å². The summed E-state index contributed by atoms with van der Waals surface area (Å²) in [5, 5.41) is 13.8. The van der Waals surface area contributed by atoms with Crippen LogP contribution in [0.1, 0.15) is 31.4 Å². The number of ether oxygens (including phenoxy) is 3. The molecule has 2 rings (SSSR count). The van der Waals surface area contributed by atoms with Crippen LogP contribution in [0.4, 0.5) is 0 Å². The van der Waals surface area contributed by atoms with Gasteiger partial charge < -0.3 is 29.4 Å². The van der Waals surface area contributed by atoms with Crippen molar-refractivity contribution in [3.8, 4) is 17.2 Å². The van der Waals surface area contributed by atoms with E-state index in [1.165, 1.54) is 7.11 Å². The van der Waals surface area contributed by atoms with Gasteiger partial charge >= 0.3 is 0 Å². The van der Waals surface area contributed by atoms with Crippen molar-refractivity contribution in [2.75, 3.05) is 20.3 Å². The van der Waals surface area contributed by atoms with Gasteiger partial charge in [-0.05, 0) is 36.2 Å². The summed E-state index contributed by atoms with van der Waals surface area (Å²) in [5.41, 5.74) is 0.638. The Labute approximate surface area is 164 Å². The highest BCUT2D eigenvalue weighted by Gasteiger charge is 2.16. The molecule has 0 saturated carbocycles. The third-order valence-corrected chi connectivity index (χ3v) is 3.89. The molecule has 0 aliphatic heterocycles. The maximum absolute atomic E-state index is 12.3. The molecule has 0 spiro atoms. The van der Waals surface area contributed by atoms with Gasteiger partial charge in [-0.1, -0.05) is 31.2 Å². The van der Waals surface area contributed by atoms with Gasteiger partial charge in [0.25, 0.3) is 5.91 Å². The highest BCUT2D eigenvalue weighted by atomic mass is 16.5. The lowest BCUT2D eigenvalue weighted by Gasteiger charge is -2.20. The maximum atomic E-state index is 12.3. The lowest BCUT2D eigenvalue weighted by Crippen LogP contribution is -2.36. The standard InChI is InChI=1S/C21H25NO6/c1-3-12-27-16-10-8-15(9-11-16)17(13-21(24)25)22-20(23)14-28-19-7-5-4-6-18(19)26-2/h4-11,17H,3,12-14H2,1-2H3,(H,22,23)(H,24,25)/p-1/t17-/m1/s1. The number of amides is 1. The number of hydrogen-bond acceptors (Lipinski definition) is 6. The zero-order valence-corrected chi connectivity index (χ0v) is 16.0. The molecule has 0 unspecified atom stereocenters. The Bertz CT molecular complexity index is 775. The number of carboxylic acid groups (broad SMARTS) is 1. The molecule has 0 aliphatic carbocycles. The minimum Gasteiger partial charge on any atom is -0.550 e. The Kier molecular flexibility index (Phi) is 8.14. The summed E-state index contributed by atoms with van der Waals surface area (Å²) in [7, 11) is 1.51. The van der Waals surface area contributed by atoms with Crippen molar-refractivity contribution in [3.63, 3.8) is 0 Å². The largest absolute Gasteiger partial charge is 0.550 e. The molecule has 150 valence electrons. The molecule has 0 fully saturated rings. The van der Waals surface area contributed by atoms with Crippen LogP contribution in [0.3, 0.4) is 0 Å². The molecule has 0 saturated heterocycles. The average Bonchev–Trinajstić information content (AvgIpc) is 2.70. The summed E-state index contributed by atoms with van der Waals surface area (Å²) in [6, 6.07) is 13.1. The Balaban J connectivity index is 2.00. The first-order chi connectivity index (χ1) is 13.5. The van der Waals surface area contributed by atoms with E-state index in [-0.39, 0.29) is 13.0 Å². The molecule has 7 nitrogen and oxygen atoms in total. The monoisotopic (exact) mass is 386 g/mol. The summed E-state index contributed by atoms with van der Waals surface area (Å²) >= 11 is 0. The van der Waals surface area contributed by atoms with Crippen LogP contribution in [0.25, 0.3) is 0 Å². The minimum absolute atomic E-state index is 0.276. The molecular weight excluding hydrogens is 362 g/mol.